The summed E-state index contributed by atoms with van der Waals surface area (Å²) in [5.74, 6) is 0. The second kappa shape index (κ2) is 7.48. The summed E-state index contributed by atoms with van der Waals surface area (Å²) in [5, 5.41) is 2.85. The molecule has 0 unspecified atom stereocenters. The van der Waals surface area contributed by atoms with Crippen molar-refractivity contribution in [3.63, 3.8) is 0 Å². The first kappa shape index (κ1) is 19.4. The zero-order valence-electron chi connectivity index (χ0n) is 15.9. The van der Waals surface area contributed by atoms with Gasteiger partial charge in [0.05, 0.1) is 18.0 Å². The van der Waals surface area contributed by atoms with Gasteiger partial charge in [-0.1, -0.05) is 48.0 Å². The lowest BCUT2D eigenvalue weighted by molar-refractivity contribution is -0.930. The van der Waals surface area contributed by atoms with Crippen LogP contribution < -0.4 is 9.62 Å². The van der Waals surface area contributed by atoms with Crippen LogP contribution in [0.3, 0.4) is 0 Å². The summed E-state index contributed by atoms with van der Waals surface area (Å²) >= 11 is 5.93. The van der Waals surface area contributed by atoms with Gasteiger partial charge >= 0.3 is 0 Å². The normalized spacial score (nSPS) is 18.9. The van der Waals surface area contributed by atoms with E-state index in [4.69, 9.17) is 11.6 Å². The number of sulfonamides is 1. The van der Waals surface area contributed by atoms with E-state index < -0.39 is 10.0 Å². The van der Waals surface area contributed by atoms with Crippen LogP contribution in [-0.4, -0.2) is 21.5 Å². The molecule has 28 heavy (non-hydrogen) atoms. The standard InChI is InChI=1S/C22H23ClN2O2S/c1-3-25(4-2)22-19-10-6-8-15-7-5-9-18(20(15)19)21(22)24-28(26,27)17-13-11-16(23)12-14-17/h5-14,21-22,24H,3-4H2,1-2H3/p+1/t21-,22+/m1/s1. The Morgan fingerprint density at radius 1 is 0.929 bits per heavy atom. The van der Waals surface area contributed by atoms with Gasteiger partial charge in [-0.25, -0.2) is 8.42 Å². The number of benzene rings is 3. The van der Waals surface area contributed by atoms with Crippen molar-refractivity contribution in [2.45, 2.75) is 30.8 Å². The van der Waals surface area contributed by atoms with E-state index in [-0.39, 0.29) is 17.0 Å². The molecule has 4 rings (SSSR count). The maximum absolute atomic E-state index is 13.2. The number of hydrogen-bond acceptors (Lipinski definition) is 2. The van der Waals surface area contributed by atoms with Crippen molar-refractivity contribution in [1.82, 2.24) is 4.72 Å². The van der Waals surface area contributed by atoms with E-state index in [1.165, 1.54) is 15.8 Å². The molecule has 2 atom stereocenters. The van der Waals surface area contributed by atoms with Crippen molar-refractivity contribution >= 4 is 32.4 Å². The van der Waals surface area contributed by atoms with E-state index in [1.54, 1.807) is 24.3 Å². The van der Waals surface area contributed by atoms with Crippen LogP contribution in [0.1, 0.15) is 37.1 Å². The summed E-state index contributed by atoms with van der Waals surface area (Å²) < 4.78 is 29.3. The molecule has 3 aromatic rings. The molecule has 0 saturated heterocycles. The van der Waals surface area contributed by atoms with Gasteiger partial charge in [0.15, 0.2) is 0 Å². The molecule has 3 aromatic carbocycles. The van der Waals surface area contributed by atoms with Gasteiger partial charge in [0.2, 0.25) is 10.0 Å². The summed E-state index contributed by atoms with van der Waals surface area (Å²) in [4.78, 5) is 1.58. The topological polar surface area (TPSA) is 50.6 Å². The van der Waals surface area contributed by atoms with Crippen LogP contribution >= 0.6 is 11.6 Å². The van der Waals surface area contributed by atoms with Crippen molar-refractivity contribution in [1.29, 1.82) is 0 Å². The molecule has 146 valence electrons. The average molecular weight is 416 g/mol. The highest BCUT2D eigenvalue weighted by molar-refractivity contribution is 7.89. The minimum atomic E-state index is -3.68. The van der Waals surface area contributed by atoms with E-state index in [9.17, 15) is 8.42 Å². The highest BCUT2D eigenvalue weighted by atomic mass is 35.5. The molecule has 0 aromatic heterocycles. The Bertz CT molecular complexity index is 1100. The van der Waals surface area contributed by atoms with Gasteiger partial charge in [0, 0.05) is 10.6 Å². The van der Waals surface area contributed by atoms with Crippen LogP contribution in [0.25, 0.3) is 10.8 Å². The molecule has 1 aliphatic carbocycles. The Labute approximate surface area is 171 Å². The summed E-state index contributed by atoms with van der Waals surface area (Å²) in [6.45, 7) is 6.13. The monoisotopic (exact) mass is 415 g/mol. The van der Waals surface area contributed by atoms with Gasteiger partial charge in [0.1, 0.15) is 12.1 Å². The second-order valence-electron chi connectivity index (χ2n) is 7.19. The highest BCUT2D eigenvalue weighted by Gasteiger charge is 2.42. The molecule has 0 spiro atoms. The van der Waals surface area contributed by atoms with Crippen molar-refractivity contribution in [2.75, 3.05) is 13.1 Å². The largest absolute Gasteiger partial charge is 0.328 e. The lowest BCUT2D eigenvalue weighted by Crippen LogP contribution is -3.12. The summed E-state index contributed by atoms with van der Waals surface area (Å²) in [5.41, 5.74) is 2.27. The first-order chi connectivity index (χ1) is 13.5. The van der Waals surface area contributed by atoms with Gasteiger partial charge in [0.25, 0.3) is 0 Å². The van der Waals surface area contributed by atoms with Crippen molar-refractivity contribution in [3.05, 3.63) is 76.8 Å². The molecule has 1 aliphatic rings. The van der Waals surface area contributed by atoms with Crippen LogP contribution in [0.2, 0.25) is 5.02 Å². The van der Waals surface area contributed by atoms with Crippen LogP contribution in [0.15, 0.2) is 65.6 Å². The van der Waals surface area contributed by atoms with E-state index in [0.29, 0.717) is 5.02 Å². The zero-order chi connectivity index (χ0) is 19.9. The lowest BCUT2D eigenvalue weighted by Gasteiger charge is -2.30. The van der Waals surface area contributed by atoms with Crippen LogP contribution in [0.5, 0.6) is 0 Å². The Morgan fingerprint density at radius 3 is 2.14 bits per heavy atom. The van der Waals surface area contributed by atoms with Crippen molar-refractivity contribution in [3.8, 4) is 0 Å². The second-order valence-corrected chi connectivity index (χ2v) is 9.34. The van der Waals surface area contributed by atoms with E-state index in [1.807, 2.05) is 12.1 Å². The molecular weight excluding hydrogens is 392 g/mol. The number of likely N-dealkylation sites (N-methyl/N-ethyl adjacent to an activating group) is 1. The number of rotatable bonds is 6. The molecule has 0 saturated carbocycles. The number of halogens is 1. The SMILES string of the molecule is CC[NH+](CC)[C@H]1c2cccc3cccc(c23)[C@H]1NS(=O)(=O)c1ccc(Cl)cc1. The first-order valence-corrected chi connectivity index (χ1v) is 11.5. The number of quaternary nitrogens is 1. The van der Waals surface area contributed by atoms with Gasteiger partial charge < -0.3 is 4.90 Å². The fourth-order valence-electron chi connectivity index (χ4n) is 4.40. The molecule has 6 heteroatoms. The highest BCUT2D eigenvalue weighted by Crippen LogP contribution is 2.43. The van der Waals surface area contributed by atoms with Crippen LogP contribution in [-0.2, 0) is 10.0 Å². The van der Waals surface area contributed by atoms with Crippen molar-refractivity contribution in [2.24, 2.45) is 0 Å². The fourth-order valence-corrected chi connectivity index (χ4v) is 5.76. The molecule has 0 heterocycles. The Kier molecular flexibility index (Phi) is 5.19. The Hall–Kier alpha value is -1.92. The Balaban J connectivity index is 1.82. The molecule has 2 N–H and O–H groups in total. The zero-order valence-corrected chi connectivity index (χ0v) is 17.5. The Morgan fingerprint density at radius 2 is 1.54 bits per heavy atom. The maximum atomic E-state index is 13.2. The third-order valence-electron chi connectivity index (χ3n) is 5.73. The average Bonchev–Trinajstić information content (AvgIpc) is 2.99. The maximum Gasteiger partial charge on any atom is 0.241 e. The summed E-state index contributed by atoms with van der Waals surface area (Å²) in [7, 11) is -3.68. The van der Waals surface area contributed by atoms with Crippen LogP contribution in [0, 0.1) is 0 Å². The molecule has 0 amide bonds. The molecule has 0 radical (unpaired) electrons. The van der Waals surface area contributed by atoms with Gasteiger partial charge in [-0.05, 0) is 54.4 Å². The van der Waals surface area contributed by atoms with Crippen LogP contribution in [0.4, 0.5) is 0 Å². The third kappa shape index (κ3) is 3.22. The van der Waals surface area contributed by atoms with Gasteiger partial charge in [-0.3, -0.25) is 0 Å². The fraction of sp³-hybridized carbons (Fsp3) is 0.273. The van der Waals surface area contributed by atoms with E-state index >= 15 is 0 Å². The van der Waals surface area contributed by atoms with Gasteiger partial charge in [-0.15, -0.1) is 0 Å². The molecule has 0 bridgehead atoms. The van der Waals surface area contributed by atoms with Crippen molar-refractivity contribution < 1.29 is 13.3 Å². The summed E-state index contributed by atoms with van der Waals surface area (Å²) in [6, 6.07) is 18.5. The molecule has 0 fully saturated rings. The molecule has 0 aliphatic heterocycles. The predicted molar refractivity (Wildman–Crippen MR) is 113 cm³/mol. The lowest BCUT2D eigenvalue weighted by atomic mass is 10.0. The quantitative estimate of drug-likeness (QED) is 0.647. The van der Waals surface area contributed by atoms with E-state index in [2.05, 4.69) is 42.8 Å². The van der Waals surface area contributed by atoms with E-state index in [0.717, 1.165) is 24.0 Å². The molecule has 4 nitrogen and oxygen atoms in total. The minimum Gasteiger partial charge on any atom is -0.328 e. The minimum absolute atomic E-state index is 0.0400. The number of hydrogen-bond donors (Lipinski definition) is 2. The first-order valence-electron chi connectivity index (χ1n) is 9.60. The number of nitrogens with one attached hydrogen (secondary N) is 2. The third-order valence-corrected chi connectivity index (χ3v) is 7.44. The molecular formula is C22H24ClN2O2S+. The smallest absolute Gasteiger partial charge is 0.241 e. The van der Waals surface area contributed by atoms with Gasteiger partial charge in [-0.2, -0.15) is 4.72 Å². The predicted octanol–water partition coefficient (Wildman–Crippen LogP) is 3.49. The summed E-state index contributed by atoms with van der Waals surface area (Å²) in [6.07, 6.45) is 0.